The van der Waals surface area contributed by atoms with Gasteiger partial charge in [-0.05, 0) is 83.6 Å². The van der Waals surface area contributed by atoms with E-state index < -0.39 is 23.0 Å². The van der Waals surface area contributed by atoms with E-state index in [0.717, 1.165) is 44.1 Å². The van der Waals surface area contributed by atoms with Crippen molar-refractivity contribution in [3.05, 3.63) is 165 Å². The number of non-ortho nitro benzene ring substituents is 1. The molecular weight excluding hydrogens is 993 g/mol. The maximum atomic E-state index is 14.1. The van der Waals surface area contributed by atoms with Gasteiger partial charge in [0.25, 0.3) is 17.5 Å². The molecule has 0 saturated carbocycles. The van der Waals surface area contributed by atoms with E-state index in [-0.39, 0.29) is 67.4 Å². The highest BCUT2D eigenvalue weighted by atomic mass is 32.1. The highest BCUT2D eigenvalue weighted by Gasteiger charge is 2.43. The van der Waals surface area contributed by atoms with Gasteiger partial charge < -0.3 is 48.4 Å². The number of β-amino-alcohol motifs (C(OH)–C–C–N with tert-alkyl or cyclic N) is 1. The number of thiazole rings is 1. The van der Waals surface area contributed by atoms with Crippen LogP contribution in [0.4, 0.5) is 11.4 Å². The van der Waals surface area contributed by atoms with Crippen LogP contribution in [0.1, 0.15) is 72.9 Å². The summed E-state index contributed by atoms with van der Waals surface area (Å²) in [4.78, 5) is 60.5. The van der Waals surface area contributed by atoms with Crippen molar-refractivity contribution in [1.82, 2.24) is 20.4 Å². The van der Waals surface area contributed by atoms with Crippen LogP contribution in [0.25, 0.3) is 22.1 Å². The summed E-state index contributed by atoms with van der Waals surface area (Å²) in [5, 5.41) is 28.7. The van der Waals surface area contributed by atoms with E-state index in [2.05, 4.69) is 15.5 Å². The van der Waals surface area contributed by atoms with Crippen molar-refractivity contribution >= 4 is 52.1 Å². The number of aliphatic hydroxyl groups excluding tert-OH is 1. The number of hydrogen-bond donors (Lipinski definition) is 2. The van der Waals surface area contributed by atoms with Crippen LogP contribution in [0.5, 0.6) is 11.6 Å². The van der Waals surface area contributed by atoms with E-state index >= 15 is 0 Å². The zero-order chi connectivity index (χ0) is 53.6. The van der Waals surface area contributed by atoms with Gasteiger partial charge in [-0.1, -0.05) is 80.6 Å². The topological polar surface area (TPSA) is 218 Å². The first kappa shape index (κ1) is 54.7. The van der Waals surface area contributed by atoms with Crippen LogP contribution in [0.2, 0.25) is 0 Å². The van der Waals surface area contributed by atoms with Gasteiger partial charge in [0.2, 0.25) is 11.8 Å². The van der Waals surface area contributed by atoms with Crippen molar-refractivity contribution in [3.63, 3.8) is 0 Å². The van der Waals surface area contributed by atoms with Crippen LogP contribution in [0.3, 0.4) is 0 Å². The standard InChI is InChI=1S/C57H62N6O12S/c1-37(2)53(57(67)62-35-45(64)32-50(62)55(65)59-38(3)42-16-18-43(19-17-42)54-39(4)58-36-76-54)51-33-52(60-75-51)74-31-29-72-27-25-70-24-26-71-28-30-73-46-22-14-41(15-23-46)34-61-49-11-6-5-9-47(49)48(56(61)66)10-7-8-40-12-20-44(21-13-40)63(68)69/h5-23,33,36-38,45,50,53,64H,24-32,34-35H2,1-4H3,(H,59,65)/b8-7+,48-10+/t38-,45+,50-,53-/m0/s1. The number of carbonyl (C=O) groups excluding carboxylic acids is 3. The third kappa shape index (κ3) is 14.0. The molecule has 4 heterocycles. The lowest BCUT2D eigenvalue weighted by Crippen LogP contribution is -2.48. The molecule has 2 N–H and O–H groups in total. The molecule has 19 heteroatoms. The van der Waals surface area contributed by atoms with Gasteiger partial charge in [0.05, 0.1) is 85.0 Å². The van der Waals surface area contributed by atoms with Crippen molar-refractivity contribution in [3.8, 4) is 22.1 Å². The molecule has 8 rings (SSSR count). The molecule has 0 unspecified atom stereocenters. The average Bonchev–Trinajstić information content (AvgIpc) is 4.26. The van der Waals surface area contributed by atoms with E-state index in [0.29, 0.717) is 63.3 Å². The van der Waals surface area contributed by atoms with E-state index in [1.807, 2.05) is 106 Å². The van der Waals surface area contributed by atoms with E-state index in [1.54, 1.807) is 52.7 Å². The molecule has 3 amide bonds. The normalized spacial score (nSPS) is 16.7. The molecule has 2 aliphatic heterocycles. The Balaban J connectivity index is 0.682. The fourth-order valence-electron chi connectivity index (χ4n) is 9.03. The molecule has 4 aromatic carbocycles. The number of aromatic nitrogens is 2. The number of ether oxygens (including phenoxy) is 5. The third-order valence-corrected chi connectivity index (χ3v) is 14.0. The molecule has 2 aliphatic rings. The second-order valence-corrected chi connectivity index (χ2v) is 19.5. The summed E-state index contributed by atoms with van der Waals surface area (Å²) in [6.07, 6.45) is 4.63. The zero-order valence-electron chi connectivity index (χ0n) is 42.9. The maximum Gasteiger partial charge on any atom is 0.269 e. The molecule has 2 aromatic heterocycles. The van der Waals surface area contributed by atoms with Gasteiger partial charge in [-0.25, -0.2) is 4.98 Å². The van der Waals surface area contributed by atoms with Gasteiger partial charge in [0.1, 0.15) is 30.9 Å². The van der Waals surface area contributed by atoms with Gasteiger partial charge in [-0.2, -0.15) is 0 Å². The van der Waals surface area contributed by atoms with E-state index in [1.165, 1.54) is 17.0 Å². The fourth-order valence-corrected chi connectivity index (χ4v) is 9.84. The van der Waals surface area contributed by atoms with Crippen molar-refractivity contribution in [1.29, 1.82) is 0 Å². The number of nitrogens with one attached hydrogen (secondary N) is 1. The van der Waals surface area contributed by atoms with Gasteiger partial charge >= 0.3 is 0 Å². The summed E-state index contributed by atoms with van der Waals surface area (Å²) in [5.74, 6) is -0.580. The van der Waals surface area contributed by atoms with Crippen molar-refractivity contribution < 1.29 is 52.6 Å². The summed E-state index contributed by atoms with van der Waals surface area (Å²) in [6, 6.07) is 29.8. The number of hydrogen-bond acceptors (Lipinski definition) is 15. The first-order valence-electron chi connectivity index (χ1n) is 25.2. The summed E-state index contributed by atoms with van der Waals surface area (Å²) < 4.78 is 34.2. The van der Waals surface area contributed by atoms with Crippen molar-refractivity contribution in [2.45, 2.75) is 64.8 Å². The molecule has 4 atom stereocenters. The first-order valence-corrected chi connectivity index (χ1v) is 26.1. The smallest absolute Gasteiger partial charge is 0.269 e. The molecule has 398 valence electrons. The van der Waals surface area contributed by atoms with Gasteiger partial charge in [-0.3, -0.25) is 24.5 Å². The molecule has 0 bridgehead atoms. The first-order chi connectivity index (χ1) is 36.8. The molecule has 76 heavy (non-hydrogen) atoms. The number of benzene rings is 4. The Labute approximate surface area is 445 Å². The Morgan fingerprint density at radius 1 is 0.895 bits per heavy atom. The van der Waals surface area contributed by atoms with Gasteiger partial charge in [-0.15, -0.1) is 11.3 Å². The Morgan fingerprint density at radius 2 is 1.57 bits per heavy atom. The number of carbonyl (C=O) groups is 3. The monoisotopic (exact) mass is 1050 g/mol. The van der Waals surface area contributed by atoms with Crippen LogP contribution >= 0.6 is 11.3 Å². The largest absolute Gasteiger partial charge is 0.491 e. The average molecular weight is 1060 g/mol. The van der Waals surface area contributed by atoms with Crippen LogP contribution in [-0.4, -0.2) is 114 Å². The highest BCUT2D eigenvalue weighted by molar-refractivity contribution is 7.13. The predicted molar refractivity (Wildman–Crippen MR) is 287 cm³/mol. The molecule has 18 nitrogen and oxygen atoms in total. The Hall–Kier alpha value is -7.55. The number of aliphatic hydroxyl groups is 1. The van der Waals surface area contributed by atoms with Gasteiger partial charge in [0.15, 0.2) is 5.76 Å². The van der Waals surface area contributed by atoms with E-state index in [9.17, 15) is 29.6 Å². The second-order valence-electron chi connectivity index (χ2n) is 18.7. The van der Waals surface area contributed by atoms with Crippen LogP contribution < -0.4 is 19.7 Å². The Morgan fingerprint density at radius 3 is 2.22 bits per heavy atom. The number of allylic oxidation sites excluding steroid dienone is 2. The second kappa shape index (κ2) is 26.3. The molecule has 0 spiro atoms. The molecule has 1 fully saturated rings. The van der Waals surface area contributed by atoms with Crippen LogP contribution in [0.15, 0.2) is 125 Å². The maximum absolute atomic E-state index is 14.1. The lowest BCUT2D eigenvalue weighted by molar-refractivity contribution is -0.384. The lowest BCUT2D eigenvalue weighted by Gasteiger charge is -2.29. The summed E-state index contributed by atoms with van der Waals surface area (Å²) in [7, 11) is 0. The molecule has 6 aromatic rings. The Kier molecular flexibility index (Phi) is 18.9. The van der Waals surface area contributed by atoms with Crippen molar-refractivity contribution in [2.75, 3.05) is 64.3 Å². The number of nitrogens with zero attached hydrogens (tertiary/aromatic N) is 5. The highest BCUT2D eigenvalue weighted by Crippen LogP contribution is 2.38. The number of nitro groups is 1. The number of rotatable bonds is 26. The minimum Gasteiger partial charge on any atom is -0.491 e. The number of nitro benzene ring substituents is 1. The number of amides is 3. The zero-order valence-corrected chi connectivity index (χ0v) is 43.7. The van der Waals surface area contributed by atoms with E-state index in [4.69, 9.17) is 28.2 Å². The fraction of sp³-hybridized carbons (Fsp3) is 0.351. The van der Waals surface area contributed by atoms with Crippen LogP contribution in [-0.2, 0) is 35.1 Å². The lowest BCUT2D eigenvalue weighted by atomic mass is 9.91. The summed E-state index contributed by atoms with van der Waals surface area (Å²) in [6.45, 7) is 10.6. The third-order valence-electron chi connectivity index (χ3n) is 13.0. The van der Waals surface area contributed by atoms with Crippen molar-refractivity contribution in [2.24, 2.45) is 5.92 Å². The number of aryl methyl sites for hydroxylation is 1. The Bertz CT molecular complexity index is 2970. The summed E-state index contributed by atoms with van der Waals surface area (Å²) >= 11 is 1.58. The SMILES string of the molecule is Cc1ncsc1-c1ccc([C@H](C)NC(=O)[C@@H]2C[C@@H](O)CN2C(=O)[C@H](c2cc(OCCOCCOCCOCCOc3ccc(CN4C(=O)/C(=C/C=C/c5ccc([N+](=O)[O-])cc5)c5ccccc54)cc3)no2)C(C)C)cc1. The minimum absolute atomic E-state index is 0.0185. The summed E-state index contributed by atoms with van der Waals surface area (Å²) in [5.41, 5.74) is 8.71. The minimum atomic E-state index is -0.854. The van der Waals surface area contributed by atoms with Gasteiger partial charge in [0, 0.05) is 42.3 Å². The van der Waals surface area contributed by atoms with Crippen LogP contribution in [0, 0.1) is 23.0 Å². The predicted octanol–water partition coefficient (Wildman–Crippen LogP) is 8.74. The number of para-hydroxylation sites is 1. The molecular formula is C57H62N6O12S. The quantitative estimate of drug-likeness (QED) is 0.0225. The number of likely N-dealkylation sites (tertiary alicyclic amines) is 1. The number of anilines is 1. The molecule has 0 aliphatic carbocycles. The molecule has 1 saturated heterocycles. The number of fused-ring (bicyclic) bond motifs is 1. The molecule has 0 radical (unpaired) electrons.